The molecule has 2 fully saturated rings. The van der Waals surface area contributed by atoms with Gasteiger partial charge in [0.05, 0.1) is 17.3 Å². The van der Waals surface area contributed by atoms with Gasteiger partial charge in [0.2, 0.25) is 5.91 Å². The fourth-order valence-corrected chi connectivity index (χ4v) is 6.38. The molecule has 266 valence electrons. The molecule has 0 saturated carbocycles. The number of aromatic nitrogens is 5. The number of halogens is 3. The van der Waals surface area contributed by atoms with Gasteiger partial charge in [-0.3, -0.25) is 24.0 Å². The number of hydrogen-bond acceptors (Lipinski definition) is 11. The number of rotatable bonds is 11. The van der Waals surface area contributed by atoms with E-state index in [1.54, 1.807) is 40.3 Å². The zero-order valence-corrected chi connectivity index (χ0v) is 28.5. The van der Waals surface area contributed by atoms with Gasteiger partial charge in [0, 0.05) is 75.4 Å². The van der Waals surface area contributed by atoms with Crippen molar-refractivity contribution in [1.82, 2.24) is 39.1 Å². The predicted octanol–water partition coefficient (Wildman–Crippen LogP) is 3.93. The summed E-state index contributed by atoms with van der Waals surface area (Å²) in [5.74, 6) is -1.29. The summed E-state index contributed by atoms with van der Waals surface area (Å²) in [5.41, 5.74) is 1.31. The van der Waals surface area contributed by atoms with Crippen LogP contribution in [0.4, 0.5) is 20.2 Å². The molecule has 5 heterocycles. The second-order valence-electron chi connectivity index (χ2n) is 12.7. The molecule has 2 aliphatic rings. The number of nitrogens with zero attached hydrogens (tertiary/aromatic N) is 8. The van der Waals surface area contributed by atoms with Crippen LogP contribution in [0.2, 0.25) is 5.02 Å². The van der Waals surface area contributed by atoms with Crippen molar-refractivity contribution < 1.29 is 32.6 Å². The summed E-state index contributed by atoms with van der Waals surface area (Å²) >= 11 is 6.27. The van der Waals surface area contributed by atoms with Crippen LogP contribution in [-0.2, 0) is 25.7 Å². The highest BCUT2D eigenvalue weighted by Gasteiger charge is 2.39. The number of likely N-dealkylation sites (tertiary alicyclic amines) is 1. The van der Waals surface area contributed by atoms with Crippen LogP contribution in [0, 0.1) is 5.41 Å². The number of nitrogens with one attached hydrogen (secondary N) is 1. The minimum atomic E-state index is -3.07. The van der Waals surface area contributed by atoms with Crippen LogP contribution >= 0.6 is 11.6 Å². The molecular weight excluding hydrogens is 676 g/mol. The van der Waals surface area contributed by atoms with Crippen LogP contribution in [0.1, 0.15) is 26.7 Å². The average molecular weight is 714 g/mol. The summed E-state index contributed by atoms with van der Waals surface area (Å²) in [6, 6.07) is 6.02. The summed E-state index contributed by atoms with van der Waals surface area (Å²) in [6.07, 6.45) is 7.83. The van der Waals surface area contributed by atoms with E-state index in [0.717, 1.165) is 26.2 Å². The number of alkyl halides is 2. The molecule has 4 aromatic rings. The normalized spacial score (nSPS) is 16.9. The Hall–Kier alpha value is -4.67. The lowest BCUT2D eigenvalue weighted by Crippen LogP contribution is -2.52. The third kappa shape index (κ3) is 8.20. The van der Waals surface area contributed by atoms with Gasteiger partial charge in [-0.15, -0.1) is 0 Å². The summed E-state index contributed by atoms with van der Waals surface area (Å²) in [4.78, 5) is 47.8. The number of carbonyl (C=O) groups is 3. The van der Waals surface area contributed by atoms with Crippen LogP contribution in [0.25, 0.3) is 16.9 Å². The molecule has 50 heavy (non-hydrogen) atoms. The number of amides is 1. The molecule has 0 unspecified atom stereocenters. The van der Waals surface area contributed by atoms with E-state index >= 15 is 0 Å². The van der Waals surface area contributed by atoms with Crippen LogP contribution in [0.3, 0.4) is 0 Å². The third-order valence-electron chi connectivity index (χ3n) is 9.17. The highest BCUT2D eigenvalue weighted by molar-refractivity contribution is 6.31. The highest BCUT2D eigenvalue weighted by Crippen LogP contribution is 2.38. The van der Waals surface area contributed by atoms with Crippen molar-refractivity contribution in [3.8, 4) is 17.0 Å². The second kappa shape index (κ2) is 15.1. The zero-order valence-electron chi connectivity index (χ0n) is 27.7. The van der Waals surface area contributed by atoms with Gasteiger partial charge in [-0.2, -0.15) is 19.0 Å². The van der Waals surface area contributed by atoms with E-state index in [2.05, 4.69) is 30.3 Å². The topological polar surface area (TPSA) is 139 Å². The van der Waals surface area contributed by atoms with Gasteiger partial charge in [0.25, 0.3) is 0 Å². The van der Waals surface area contributed by atoms with E-state index in [0.29, 0.717) is 61.1 Å². The molecular formula is C33H38ClF2N9O5. The molecule has 1 aromatic carbocycles. The number of ether oxygens (including phenoxy) is 2. The van der Waals surface area contributed by atoms with Gasteiger partial charge in [0.15, 0.2) is 5.65 Å². The first kappa shape index (κ1) is 35.2. The Morgan fingerprint density at radius 3 is 2.46 bits per heavy atom. The van der Waals surface area contributed by atoms with Crippen molar-refractivity contribution >= 4 is 46.5 Å². The van der Waals surface area contributed by atoms with Gasteiger partial charge >= 0.3 is 18.6 Å². The van der Waals surface area contributed by atoms with Crippen molar-refractivity contribution in [2.24, 2.45) is 5.41 Å². The van der Waals surface area contributed by atoms with Crippen molar-refractivity contribution in [1.29, 1.82) is 0 Å². The van der Waals surface area contributed by atoms with E-state index in [9.17, 15) is 23.2 Å². The number of fused-ring (bicyclic) bond motifs is 1. The first-order valence-corrected chi connectivity index (χ1v) is 16.7. The smallest absolute Gasteiger partial charge is 0.387 e. The lowest BCUT2D eigenvalue weighted by atomic mass is 9.80. The maximum Gasteiger partial charge on any atom is 0.387 e. The van der Waals surface area contributed by atoms with Crippen molar-refractivity contribution in [3.05, 3.63) is 54.1 Å². The molecule has 2 aliphatic heterocycles. The molecule has 2 saturated heterocycles. The maximum absolute atomic E-state index is 13.5. The molecule has 3 aromatic heterocycles. The first-order valence-electron chi connectivity index (χ1n) is 16.3. The number of anilines is 2. The lowest BCUT2D eigenvalue weighted by Gasteiger charge is -2.39. The monoisotopic (exact) mass is 713 g/mol. The van der Waals surface area contributed by atoms with Crippen LogP contribution < -0.4 is 10.1 Å². The van der Waals surface area contributed by atoms with Gasteiger partial charge in [0.1, 0.15) is 23.7 Å². The third-order valence-corrected chi connectivity index (χ3v) is 9.40. The van der Waals surface area contributed by atoms with E-state index in [-0.39, 0.29) is 29.5 Å². The maximum atomic E-state index is 13.5. The largest absolute Gasteiger partial charge is 0.434 e. The molecule has 1 amide bonds. The fraction of sp³-hybridized carbons (Fsp3) is 0.455. The molecule has 0 atom stereocenters. The molecule has 0 spiro atoms. The van der Waals surface area contributed by atoms with Gasteiger partial charge in [-0.25, -0.2) is 9.50 Å². The molecule has 6 rings (SSSR count). The first-order chi connectivity index (χ1) is 24.0. The molecule has 14 nitrogen and oxygen atoms in total. The highest BCUT2D eigenvalue weighted by atomic mass is 35.5. The SMILES string of the molecule is CC(=O)OC(=O)C1(C)CCN(CCN2CCN(C(=O)Cn3cc(Nc4cnn5cccnc45)c(-c4cc(Cl)ccc4OC(F)F)n3)CC2)CC1. The lowest BCUT2D eigenvalue weighted by molar-refractivity contribution is -0.167. The minimum Gasteiger partial charge on any atom is -0.434 e. The van der Waals surface area contributed by atoms with E-state index in [1.807, 2.05) is 6.92 Å². The summed E-state index contributed by atoms with van der Waals surface area (Å²) in [7, 11) is 0. The minimum absolute atomic E-state index is 0.0775. The number of piperazine rings is 1. The van der Waals surface area contributed by atoms with Crippen LogP contribution in [0.5, 0.6) is 5.75 Å². The predicted molar refractivity (Wildman–Crippen MR) is 179 cm³/mol. The van der Waals surface area contributed by atoms with Crippen LogP contribution in [-0.4, -0.2) is 116 Å². The summed E-state index contributed by atoms with van der Waals surface area (Å²) < 4.78 is 39.4. The van der Waals surface area contributed by atoms with E-state index < -0.39 is 24.0 Å². The summed E-state index contributed by atoms with van der Waals surface area (Å²) in [5, 5.41) is 12.5. The van der Waals surface area contributed by atoms with Crippen molar-refractivity contribution in [3.63, 3.8) is 0 Å². The van der Waals surface area contributed by atoms with E-state index in [1.165, 1.54) is 29.8 Å². The second-order valence-corrected chi connectivity index (χ2v) is 13.1. The Morgan fingerprint density at radius 2 is 1.76 bits per heavy atom. The number of esters is 2. The van der Waals surface area contributed by atoms with Crippen LogP contribution in [0.15, 0.2) is 49.1 Å². The number of hydrogen-bond donors (Lipinski definition) is 1. The number of carbonyl (C=O) groups excluding carboxylic acids is 3. The fourth-order valence-electron chi connectivity index (χ4n) is 6.21. The zero-order chi connectivity index (χ0) is 35.4. The molecule has 0 radical (unpaired) electrons. The molecule has 1 N–H and O–H groups in total. The van der Waals surface area contributed by atoms with Gasteiger partial charge in [-0.05, 0) is 57.1 Å². The number of piperidine rings is 1. The average Bonchev–Trinajstić information content (AvgIpc) is 3.68. The Labute approximate surface area is 291 Å². The Bertz CT molecular complexity index is 1850. The quantitative estimate of drug-likeness (QED) is 0.179. The van der Waals surface area contributed by atoms with Gasteiger partial charge in [-0.1, -0.05) is 11.6 Å². The van der Waals surface area contributed by atoms with Crippen molar-refractivity contribution in [2.45, 2.75) is 39.8 Å². The Balaban J connectivity index is 1.09. The Kier molecular flexibility index (Phi) is 10.6. The molecule has 0 bridgehead atoms. The molecule has 17 heteroatoms. The van der Waals surface area contributed by atoms with E-state index in [4.69, 9.17) is 21.1 Å². The summed E-state index contributed by atoms with van der Waals surface area (Å²) in [6.45, 7) is 5.58. The Morgan fingerprint density at radius 1 is 1.04 bits per heavy atom. The standard InChI is InChI=1S/C33H38ClF2N9O5/c1-22(46)49-31(48)33(2)6-10-41(11-7-33)12-13-42-14-16-43(17-15-42)28(47)21-44-20-26(39-25-19-38-45-9-3-8-37-30(25)45)29(40-44)24-18-23(34)4-5-27(24)50-32(35)36/h3-5,8-9,18-20,32,39H,6-7,10-17,21H2,1-2H3. The molecule has 0 aliphatic carbocycles. The van der Waals surface area contributed by atoms with Gasteiger partial charge < -0.3 is 24.6 Å². The number of benzene rings is 1. The van der Waals surface area contributed by atoms with Crippen molar-refractivity contribution in [2.75, 3.05) is 57.7 Å².